The van der Waals surface area contributed by atoms with Gasteiger partial charge in [0.1, 0.15) is 11.9 Å². The lowest BCUT2D eigenvalue weighted by Gasteiger charge is -2.15. The van der Waals surface area contributed by atoms with Crippen molar-refractivity contribution in [3.05, 3.63) is 95.3 Å². The van der Waals surface area contributed by atoms with Gasteiger partial charge in [0.2, 0.25) is 15.9 Å². The zero-order valence-corrected chi connectivity index (χ0v) is 20.6. The maximum Gasteiger partial charge on any atom is 0.321 e. The van der Waals surface area contributed by atoms with Crippen molar-refractivity contribution < 1.29 is 27.5 Å². The van der Waals surface area contributed by atoms with Crippen molar-refractivity contribution in [1.82, 2.24) is 10.0 Å². The average Bonchev–Trinajstić information content (AvgIpc) is 2.86. The van der Waals surface area contributed by atoms with E-state index in [0.29, 0.717) is 10.6 Å². The van der Waals surface area contributed by atoms with Crippen LogP contribution < -0.4 is 10.0 Å². The third-order valence-corrected chi connectivity index (χ3v) is 6.94. The molecule has 0 fully saturated rings. The van der Waals surface area contributed by atoms with Crippen LogP contribution >= 0.6 is 11.6 Å². The second kappa shape index (κ2) is 12.4. The molecule has 1 unspecified atom stereocenters. The standard InChI is InChI=1S/C26H24ClFN2O5S/c27-21-10-6-19(7-11-21)20-8-14-23(15-9-20)36(34,35)30-24(26(32)33)2-1-17-29-25(31)16-5-18-3-12-22(28)13-4-18/h3-16,24,30H,1-2,17H2,(H,29,31)(H,32,33)/b16-5+. The Balaban J connectivity index is 1.52. The Morgan fingerprint density at radius 2 is 1.53 bits per heavy atom. The average molecular weight is 531 g/mol. The summed E-state index contributed by atoms with van der Waals surface area (Å²) in [5, 5.41) is 12.7. The van der Waals surface area contributed by atoms with Gasteiger partial charge in [-0.2, -0.15) is 4.72 Å². The highest BCUT2D eigenvalue weighted by Gasteiger charge is 2.25. The lowest BCUT2D eigenvalue weighted by Crippen LogP contribution is -2.41. The minimum Gasteiger partial charge on any atom is -0.480 e. The summed E-state index contributed by atoms with van der Waals surface area (Å²) in [6.07, 6.45) is 2.99. The molecular weight excluding hydrogens is 507 g/mol. The van der Waals surface area contributed by atoms with Gasteiger partial charge in [-0.1, -0.05) is 48.0 Å². The Morgan fingerprint density at radius 1 is 0.944 bits per heavy atom. The number of carbonyl (C=O) groups excluding carboxylic acids is 1. The molecule has 0 radical (unpaired) electrons. The Bertz CT molecular complexity index is 1330. The van der Waals surface area contributed by atoms with E-state index in [0.717, 1.165) is 11.1 Å². The highest BCUT2D eigenvalue weighted by atomic mass is 35.5. The molecule has 3 N–H and O–H groups in total. The third-order valence-electron chi connectivity index (χ3n) is 5.20. The molecule has 1 amide bonds. The van der Waals surface area contributed by atoms with Gasteiger partial charge in [-0.3, -0.25) is 9.59 Å². The van der Waals surface area contributed by atoms with Crippen molar-refractivity contribution in [2.45, 2.75) is 23.8 Å². The van der Waals surface area contributed by atoms with Crippen LogP contribution in [0.3, 0.4) is 0 Å². The highest BCUT2D eigenvalue weighted by Crippen LogP contribution is 2.23. The van der Waals surface area contributed by atoms with Crippen LogP contribution in [-0.2, 0) is 19.6 Å². The minimum atomic E-state index is -4.08. The molecule has 188 valence electrons. The first kappa shape index (κ1) is 27.1. The van der Waals surface area contributed by atoms with Crippen molar-refractivity contribution in [2.75, 3.05) is 6.54 Å². The number of rotatable bonds is 11. The Labute approximate surface area is 213 Å². The van der Waals surface area contributed by atoms with E-state index in [9.17, 15) is 27.5 Å². The molecule has 7 nitrogen and oxygen atoms in total. The van der Waals surface area contributed by atoms with Gasteiger partial charge in [0.15, 0.2) is 0 Å². The van der Waals surface area contributed by atoms with Gasteiger partial charge in [0.05, 0.1) is 4.90 Å². The molecule has 3 aromatic carbocycles. The summed E-state index contributed by atoms with van der Waals surface area (Å²) >= 11 is 5.89. The number of nitrogens with one attached hydrogen (secondary N) is 2. The molecule has 36 heavy (non-hydrogen) atoms. The molecule has 0 aliphatic rings. The van der Waals surface area contributed by atoms with E-state index in [2.05, 4.69) is 10.0 Å². The first-order valence-corrected chi connectivity index (χ1v) is 12.8. The predicted octanol–water partition coefficient (Wildman–Crippen LogP) is 4.49. The number of carboxylic acid groups (broad SMARTS) is 1. The van der Waals surface area contributed by atoms with E-state index in [-0.39, 0.29) is 30.1 Å². The minimum absolute atomic E-state index is 0.0284. The topological polar surface area (TPSA) is 113 Å². The normalized spacial score (nSPS) is 12.4. The summed E-state index contributed by atoms with van der Waals surface area (Å²) in [6, 6.07) is 17.4. The highest BCUT2D eigenvalue weighted by molar-refractivity contribution is 7.89. The zero-order valence-electron chi connectivity index (χ0n) is 19.0. The van der Waals surface area contributed by atoms with Crippen molar-refractivity contribution in [3.63, 3.8) is 0 Å². The van der Waals surface area contributed by atoms with E-state index < -0.39 is 27.9 Å². The molecule has 0 aromatic heterocycles. The summed E-state index contributed by atoms with van der Waals surface area (Å²) in [4.78, 5) is 23.5. The van der Waals surface area contributed by atoms with Crippen molar-refractivity contribution >= 4 is 39.6 Å². The fourth-order valence-electron chi connectivity index (χ4n) is 3.28. The van der Waals surface area contributed by atoms with Crippen molar-refractivity contribution in [1.29, 1.82) is 0 Å². The number of carboxylic acids is 1. The molecule has 0 heterocycles. The van der Waals surface area contributed by atoms with E-state index in [4.69, 9.17) is 11.6 Å². The van der Waals surface area contributed by atoms with E-state index >= 15 is 0 Å². The summed E-state index contributed by atoms with van der Waals surface area (Å²) in [5.41, 5.74) is 2.28. The van der Waals surface area contributed by atoms with Crippen LogP contribution in [0.25, 0.3) is 17.2 Å². The molecule has 0 aliphatic carbocycles. The van der Waals surface area contributed by atoms with Gasteiger partial charge >= 0.3 is 5.97 Å². The number of sulfonamides is 1. The van der Waals surface area contributed by atoms with Crippen molar-refractivity contribution in [3.8, 4) is 11.1 Å². The summed E-state index contributed by atoms with van der Waals surface area (Å²) in [7, 11) is -4.08. The lowest BCUT2D eigenvalue weighted by molar-refractivity contribution is -0.139. The molecule has 0 aliphatic heterocycles. The number of hydrogen-bond acceptors (Lipinski definition) is 4. The van der Waals surface area contributed by atoms with Gasteiger partial charge in [0.25, 0.3) is 0 Å². The summed E-state index contributed by atoms with van der Waals surface area (Å²) < 4.78 is 40.6. The second-order valence-corrected chi connectivity index (χ2v) is 10.0. The summed E-state index contributed by atoms with van der Waals surface area (Å²) in [5.74, 6) is -2.11. The maximum absolute atomic E-state index is 12.9. The fourth-order valence-corrected chi connectivity index (χ4v) is 4.63. The monoisotopic (exact) mass is 530 g/mol. The Hall–Kier alpha value is -3.53. The number of hydrogen-bond donors (Lipinski definition) is 3. The molecule has 3 aromatic rings. The third kappa shape index (κ3) is 8.01. The quantitative estimate of drug-likeness (QED) is 0.250. The zero-order chi connectivity index (χ0) is 26.1. The first-order valence-electron chi connectivity index (χ1n) is 11.0. The fraction of sp³-hybridized carbons (Fsp3) is 0.154. The number of amides is 1. The van der Waals surface area contributed by atoms with Crippen LogP contribution in [0.2, 0.25) is 5.02 Å². The van der Waals surface area contributed by atoms with Gasteiger partial charge in [-0.15, -0.1) is 0 Å². The molecule has 10 heteroatoms. The second-order valence-electron chi connectivity index (χ2n) is 7.86. The molecule has 0 bridgehead atoms. The Morgan fingerprint density at radius 3 is 2.11 bits per heavy atom. The lowest BCUT2D eigenvalue weighted by atomic mass is 10.1. The smallest absolute Gasteiger partial charge is 0.321 e. The van der Waals surface area contributed by atoms with Crippen LogP contribution in [0.1, 0.15) is 18.4 Å². The van der Waals surface area contributed by atoms with Crippen LogP contribution in [-0.4, -0.2) is 38.0 Å². The number of carbonyl (C=O) groups is 2. The molecule has 0 saturated heterocycles. The number of aliphatic carboxylic acids is 1. The van der Waals surface area contributed by atoms with Crippen molar-refractivity contribution in [2.24, 2.45) is 0 Å². The molecule has 1 atom stereocenters. The largest absolute Gasteiger partial charge is 0.480 e. The van der Waals surface area contributed by atoms with Gasteiger partial charge in [-0.25, -0.2) is 12.8 Å². The molecular formula is C26H24ClFN2O5S. The first-order chi connectivity index (χ1) is 17.1. The van der Waals surface area contributed by atoms with Gasteiger partial charge in [-0.05, 0) is 72.0 Å². The van der Waals surface area contributed by atoms with Crippen LogP contribution in [0.5, 0.6) is 0 Å². The SMILES string of the molecule is O=C(/C=C/c1ccc(F)cc1)NCCCC(NS(=O)(=O)c1ccc(-c2ccc(Cl)cc2)cc1)C(=O)O. The number of halogens is 2. The van der Waals surface area contributed by atoms with E-state index in [1.165, 1.54) is 48.6 Å². The molecule has 0 saturated carbocycles. The van der Waals surface area contributed by atoms with Crippen LogP contribution in [0.15, 0.2) is 83.8 Å². The van der Waals surface area contributed by atoms with Gasteiger partial charge in [0, 0.05) is 17.6 Å². The van der Waals surface area contributed by atoms with E-state index in [1.807, 2.05) is 12.1 Å². The molecule has 3 rings (SSSR count). The van der Waals surface area contributed by atoms with Crippen LogP contribution in [0.4, 0.5) is 4.39 Å². The summed E-state index contributed by atoms with van der Waals surface area (Å²) in [6.45, 7) is 0.147. The van der Waals surface area contributed by atoms with E-state index in [1.54, 1.807) is 24.3 Å². The number of benzene rings is 3. The van der Waals surface area contributed by atoms with Crippen LogP contribution in [0, 0.1) is 5.82 Å². The predicted molar refractivity (Wildman–Crippen MR) is 136 cm³/mol. The van der Waals surface area contributed by atoms with Gasteiger partial charge < -0.3 is 10.4 Å². The molecule has 0 spiro atoms. The Kier molecular flexibility index (Phi) is 9.35. The maximum atomic E-state index is 12.9.